The molecule has 20 heavy (non-hydrogen) atoms. The molecule has 5 nitrogen and oxygen atoms in total. The van der Waals surface area contributed by atoms with E-state index in [9.17, 15) is 4.79 Å². The van der Waals surface area contributed by atoms with Crippen LogP contribution in [0.15, 0.2) is 24.3 Å². The van der Waals surface area contributed by atoms with Crippen LogP contribution in [0.4, 0.5) is 5.69 Å². The van der Waals surface area contributed by atoms with Crippen LogP contribution in [0.1, 0.15) is 27.3 Å². The van der Waals surface area contributed by atoms with E-state index in [-0.39, 0.29) is 5.91 Å². The van der Waals surface area contributed by atoms with Gasteiger partial charge in [-0.15, -0.1) is 0 Å². The summed E-state index contributed by atoms with van der Waals surface area (Å²) in [6, 6.07) is 7.90. The first kappa shape index (κ1) is 12.9. The fourth-order valence-electron chi connectivity index (χ4n) is 2.51. The number of carbonyl (C=O) groups excluding carboxylic acids is 1. The lowest BCUT2D eigenvalue weighted by molar-refractivity contribution is 0.0987. The molecular formula is C15H18N4O. The third-order valence-electron chi connectivity index (χ3n) is 3.70. The van der Waals surface area contributed by atoms with E-state index in [0.717, 1.165) is 35.5 Å². The number of aromatic amines is 1. The topological polar surface area (TPSA) is 61.0 Å². The molecule has 1 aliphatic rings. The predicted octanol–water partition coefficient (Wildman–Crippen LogP) is 1.64. The summed E-state index contributed by atoms with van der Waals surface area (Å²) in [5, 5.41) is 10.5. The smallest absolute Gasteiger partial charge is 0.278 e. The van der Waals surface area contributed by atoms with Crippen molar-refractivity contribution >= 4 is 11.6 Å². The van der Waals surface area contributed by atoms with Gasteiger partial charge in [0.25, 0.3) is 5.91 Å². The summed E-state index contributed by atoms with van der Waals surface area (Å²) < 4.78 is 0. The molecule has 1 aliphatic heterocycles. The largest absolute Gasteiger partial charge is 0.312 e. The van der Waals surface area contributed by atoms with Crippen molar-refractivity contribution in [2.45, 2.75) is 19.9 Å². The fourth-order valence-corrected chi connectivity index (χ4v) is 2.51. The molecule has 0 saturated heterocycles. The van der Waals surface area contributed by atoms with Crippen molar-refractivity contribution in [2.75, 3.05) is 18.5 Å². The number of aryl methyl sites for hydroxylation is 1. The Balaban J connectivity index is 1.91. The van der Waals surface area contributed by atoms with Crippen molar-refractivity contribution in [2.24, 2.45) is 0 Å². The third-order valence-corrected chi connectivity index (χ3v) is 3.70. The van der Waals surface area contributed by atoms with Crippen LogP contribution < -0.4 is 10.2 Å². The van der Waals surface area contributed by atoms with E-state index in [0.29, 0.717) is 12.2 Å². The SMILES string of the molecule is Cc1cccc(N(C)C(=O)c2n[nH]c3c2CNCC3)c1. The number of nitrogens with zero attached hydrogens (tertiary/aromatic N) is 2. The van der Waals surface area contributed by atoms with Crippen LogP contribution >= 0.6 is 0 Å². The Kier molecular flexibility index (Phi) is 3.28. The summed E-state index contributed by atoms with van der Waals surface area (Å²) in [7, 11) is 1.79. The Morgan fingerprint density at radius 3 is 3.05 bits per heavy atom. The number of H-pyrrole nitrogens is 1. The second-order valence-electron chi connectivity index (χ2n) is 5.16. The molecule has 0 atom stereocenters. The average molecular weight is 270 g/mol. The minimum atomic E-state index is -0.0724. The number of amides is 1. The van der Waals surface area contributed by atoms with E-state index in [1.807, 2.05) is 31.2 Å². The van der Waals surface area contributed by atoms with Gasteiger partial charge >= 0.3 is 0 Å². The van der Waals surface area contributed by atoms with Gasteiger partial charge in [0.05, 0.1) is 0 Å². The van der Waals surface area contributed by atoms with Crippen molar-refractivity contribution in [3.8, 4) is 0 Å². The van der Waals surface area contributed by atoms with Gasteiger partial charge < -0.3 is 10.2 Å². The van der Waals surface area contributed by atoms with Crippen LogP contribution in [-0.4, -0.2) is 29.7 Å². The highest BCUT2D eigenvalue weighted by Crippen LogP contribution is 2.20. The standard InChI is InChI=1S/C15H18N4O/c1-10-4-3-5-11(8-10)19(2)15(20)14-12-9-16-7-6-13(12)17-18-14/h3-5,8,16H,6-7,9H2,1-2H3,(H,17,18). The molecular weight excluding hydrogens is 252 g/mol. The summed E-state index contributed by atoms with van der Waals surface area (Å²) in [6.07, 6.45) is 0.893. The molecule has 0 unspecified atom stereocenters. The molecule has 1 aromatic carbocycles. The molecule has 0 fully saturated rings. The number of anilines is 1. The zero-order chi connectivity index (χ0) is 14.1. The minimum Gasteiger partial charge on any atom is -0.312 e. The Labute approximate surface area is 118 Å². The van der Waals surface area contributed by atoms with Gasteiger partial charge in [-0.25, -0.2) is 0 Å². The van der Waals surface area contributed by atoms with Gasteiger partial charge in [-0.3, -0.25) is 9.89 Å². The van der Waals surface area contributed by atoms with Crippen molar-refractivity contribution < 1.29 is 4.79 Å². The summed E-state index contributed by atoms with van der Waals surface area (Å²) in [5.74, 6) is -0.0724. The number of aromatic nitrogens is 2. The number of rotatable bonds is 2. The maximum absolute atomic E-state index is 12.6. The first-order chi connectivity index (χ1) is 9.66. The molecule has 1 aromatic heterocycles. The van der Waals surface area contributed by atoms with E-state index in [1.54, 1.807) is 11.9 Å². The maximum Gasteiger partial charge on any atom is 0.278 e. The molecule has 0 aliphatic carbocycles. The molecule has 1 amide bonds. The second kappa shape index (κ2) is 5.09. The van der Waals surface area contributed by atoms with Crippen molar-refractivity contribution in [3.63, 3.8) is 0 Å². The molecule has 2 aromatic rings. The zero-order valence-corrected chi connectivity index (χ0v) is 11.7. The summed E-state index contributed by atoms with van der Waals surface area (Å²) >= 11 is 0. The Hall–Kier alpha value is -2.14. The number of benzene rings is 1. The normalized spacial score (nSPS) is 13.9. The molecule has 3 rings (SSSR count). The molecule has 0 spiro atoms. The van der Waals surface area contributed by atoms with Crippen molar-refractivity contribution in [1.82, 2.24) is 15.5 Å². The number of hydrogen-bond donors (Lipinski definition) is 2. The summed E-state index contributed by atoms with van der Waals surface area (Å²) in [4.78, 5) is 14.3. The monoisotopic (exact) mass is 270 g/mol. The lowest BCUT2D eigenvalue weighted by atomic mass is 10.1. The van der Waals surface area contributed by atoms with Crippen LogP contribution in [0, 0.1) is 6.92 Å². The van der Waals surface area contributed by atoms with Gasteiger partial charge in [0.2, 0.25) is 0 Å². The van der Waals surface area contributed by atoms with Gasteiger partial charge in [-0.05, 0) is 24.6 Å². The quantitative estimate of drug-likeness (QED) is 0.872. The van der Waals surface area contributed by atoms with Gasteiger partial charge in [-0.2, -0.15) is 5.10 Å². The number of fused-ring (bicyclic) bond motifs is 1. The highest BCUT2D eigenvalue weighted by atomic mass is 16.2. The Morgan fingerprint density at radius 1 is 1.40 bits per heavy atom. The van der Waals surface area contributed by atoms with Crippen molar-refractivity contribution in [3.05, 3.63) is 46.8 Å². The number of nitrogens with one attached hydrogen (secondary N) is 2. The van der Waals surface area contributed by atoms with E-state index in [1.165, 1.54) is 0 Å². The van der Waals surface area contributed by atoms with E-state index in [4.69, 9.17) is 0 Å². The van der Waals surface area contributed by atoms with Gasteiger partial charge in [-0.1, -0.05) is 12.1 Å². The molecule has 0 bridgehead atoms. The molecule has 2 heterocycles. The van der Waals surface area contributed by atoms with Crippen LogP contribution in [0.3, 0.4) is 0 Å². The average Bonchev–Trinajstić information content (AvgIpc) is 2.89. The molecule has 0 radical (unpaired) electrons. The predicted molar refractivity (Wildman–Crippen MR) is 77.9 cm³/mol. The third kappa shape index (κ3) is 2.20. The highest BCUT2D eigenvalue weighted by molar-refractivity contribution is 6.05. The van der Waals surface area contributed by atoms with Crippen LogP contribution in [0.25, 0.3) is 0 Å². The Bertz CT molecular complexity index is 647. The van der Waals surface area contributed by atoms with Gasteiger partial charge in [0.15, 0.2) is 5.69 Å². The van der Waals surface area contributed by atoms with Crippen LogP contribution in [-0.2, 0) is 13.0 Å². The van der Waals surface area contributed by atoms with E-state index in [2.05, 4.69) is 15.5 Å². The molecule has 104 valence electrons. The summed E-state index contributed by atoms with van der Waals surface area (Å²) in [5.41, 5.74) is 4.62. The zero-order valence-electron chi connectivity index (χ0n) is 11.7. The lowest BCUT2D eigenvalue weighted by Crippen LogP contribution is -2.30. The van der Waals surface area contributed by atoms with E-state index >= 15 is 0 Å². The lowest BCUT2D eigenvalue weighted by Gasteiger charge is -2.18. The fraction of sp³-hybridized carbons (Fsp3) is 0.333. The van der Waals surface area contributed by atoms with Crippen LogP contribution in [0.2, 0.25) is 0 Å². The van der Waals surface area contributed by atoms with Gasteiger partial charge in [0, 0.05) is 43.5 Å². The number of carbonyl (C=O) groups is 1. The maximum atomic E-state index is 12.6. The molecule has 5 heteroatoms. The first-order valence-electron chi connectivity index (χ1n) is 6.78. The van der Waals surface area contributed by atoms with Crippen molar-refractivity contribution in [1.29, 1.82) is 0 Å². The highest BCUT2D eigenvalue weighted by Gasteiger charge is 2.24. The second-order valence-corrected chi connectivity index (χ2v) is 5.16. The van der Waals surface area contributed by atoms with Crippen LogP contribution in [0.5, 0.6) is 0 Å². The summed E-state index contributed by atoms with van der Waals surface area (Å²) in [6.45, 7) is 3.65. The van der Waals surface area contributed by atoms with Gasteiger partial charge in [0.1, 0.15) is 0 Å². The Morgan fingerprint density at radius 2 is 2.25 bits per heavy atom. The minimum absolute atomic E-state index is 0.0724. The van der Waals surface area contributed by atoms with E-state index < -0.39 is 0 Å². The molecule has 0 saturated carbocycles. The molecule has 2 N–H and O–H groups in total. The first-order valence-corrected chi connectivity index (χ1v) is 6.78. The number of hydrogen-bond acceptors (Lipinski definition) is 3.